The summed E-state index contributed by atoms with van der Waals surface area (Å²) in [5, 5.41) is 2.85. The second-order valence-electron chi connectivity index (χ2n) is 7.14. The average molecular weight is 404 g/mol. The van der Waals surface area contributed by atoms with Crippen LogP contribution in [0.3, 0.4) is 0 Å². The fourth-order valence-corrected chi connectivity index (χ4v) is 3.20. The van der Waals surface area contributed by atoms with Crippen molar-refractivity contribution in [2.45, 2.75) is 19.8 Å². The van der Waals surface area contributed by atoms with Gasteiger partial charge in [-0.3, -0.25) is 9.78 Å². The van der Waals surface area contributed by atoms with Crippen LogP contribution in [0.1, 0.15) is 36.1 Å². The highest BCUT2D eigenvalue weighted by atomic mass is 19.1. The Labute approximate surface area is 173 Å². The lowest BCUT2D eigenvalue weighted by atomic mass is 10.1. The Morgan fingerprint density at radius 1 is 1.07 bits per heavy atom. The first-order valence-electron chi connectivity index (χ1n) is 9.55. The molecule has 0 spiro atoms. The highest BCUT2D eigenvalue weighted by Gasteiger charge is 2.15. The van der Waals surface area contributed by atoms with Gasteiger partial charge in [0.2, 0.25) is 0 Å². The summed E-state index contributed by atoms with van der Waals surface area (Å²) in [5.74, 6) is 0.475. The monoisotopic (exact) mass is 404 g/mol. The molecule has 0 unspecified atom stereocenters. The van der Waals surface area contributed by atoms with E-state index in [-0.39, 0.29) is 23.3 Å². The Morgan fingerprint density at radius 3 is 2.47 bits per heavy atom. The Balaban J connectivity index is 1.56. The molecule has 0 fully saturated rings. The number of benzene rings is 2. The smallest absolute Gasteiger partial charge is 0.275 e. The molecule has 2 heterocycles. The van der Waals surface area contributed by atoms with Gasteiger partial charge in [-0.05, 0) is 42.5 Å². The van der Waals surface area contributed by atoms with Crippen LogP contribution in [-0.4, -0.2) is 32.6 Å². The van der Waals surface area contributed by atoms with Gasteiger partial charge < -0.3 is 10.7 Å². The fourth-order valence-electron chi connectivity index (χ4n) is 3.20. The molecular weight excluding hydrogens is 383 g/mol. The van der Waals surface area contributed by atoms with E-state index < -0.39 is 0 Å². The third-order valence-electron chi connectivity index (χ3n) is 4.70. The summed E-state index contributed by atoms with van der Waals surface area (Å²) in [6.45, 7) is 4.15. The standard InChI is InChI=1S/C22H21FN6O/c1-13(2)21-28-17-9-8-16(10-20(17)29(21)24-3)27-22(30)19-12-25-18(11-26-19)14-4-6-15(23)7-5-14/h4-13,24H,1-3H3,(H,27,30). The number of hydrogen-bond acceptors (Lipinski definition) is 5. The zero-order valence-corrected chi connectivity index (χ0v) is 16.8. The van der Waals surface area contributed by atoms with Crippen molar-refractivity contribution in [3.05, 3.63) is 72.2 Å². The molecule has 0 saturated heterocycles. The summed E-state index contributed by atoms with van der Waals surface area (Å²) < 4.78 is 15.0. The maximum atomic E-state index is 13.1. The third kappa shape index (κ3) is 3.71. The van der Waals surface area contributed by atoms with Crippen LogP contribution in [0.2, 0.25) is 0 Å². The summed E-state index contributed by atoms with van der Waals surface area (Å²) in [6, 6.07) is 11.5. The van der Waals surface area contributed by atoms with Gasteiger partial charge >= 0.3 is 0 Å². The van der Waals surface area contributed by atoms with Gasteiger partial charge in [0, 0.05) is 24.2 Å². The largest absolute Gasteiger partial charge is 0.327 e. The van der Waals surface area contributed by atoms with Crippen LogP contribution in [0.5, 0.6) is 0 Å². The van der Waals surface area contributed by atoms with E-state index in [0.29, 0.717) is 11.4 Å². The van der Waals surface area contributed by atoms with E-state index in [9.17, 15) is 9.18 Å². The molecule has 0 aliphatic heterocycles. The summed E-state index contributed by atoms with van der Waals surface area (Å²) >= 11 is 0. The second-order valence-corrected chi connectivity index (χ2v) is 7.14. The molecule has 2 N–H and O–H groups in total. The predicted octanol–water partition coefficient (Wildman–Crippen LogP) is 4.18. The normalized spacial score (nSPS) is 11.1. The van der Waals surface area contributed by atoms with Gasteiger partial charge in [0.25, 0.3) is 5.91 Å². The molecule has 0 radical (unpaired) electrons. The number of hydrogen-bond donors (Lipinski definition) is 2. The van der Waals surface area contributed by atoms with Crippen molar-refractivity contribution in [3.63, 3.8) is 0 Å². The maximum absolute atomic E-state index is 13.1. The number of imidazole rings is 1. The molecule has 0 bridgehead atoms. The van der Waals surface area contributed by atoms with Crippen molar-refractivity contribution in [3.8, 4) is 11.3 Å². The number of carbonyl (C=O) groups excluding carboxylic acids is 1. The van der Waals surface area contributed by atoms with E-state index in [4.69, 9.17) is 0 Å². The van der Waals surface area contributed by atoms with Gasteiger partial charge in [-0.25, -0.2) is 19.0 Å². The van der Waals surface area contributed by atoms with Crippen molar-refractivity contribution in [2.24, 2.45) is 0 Å². The number of rotatable bonds is 5. The van der Waals surface area contributed by atoms with E-state index in [0.717, 1.165) is 22.4 Å². The molecule has 2 aromatic carbocycles. The zero-order valence-electron chi connectivity index (χ0n) is 16.8. The minimum absolute atomic E-state index is 0.186. The molecule has 4 rings (SSSR count). The summed E-state index contributed by atoms with van der Waals surface area (Å²) in [4.78, 5) is 25.7. The van der Waals surface area contributed by atoms with Crippen LogP contribution in [0.4, 0.5) is 10.1 Å². The Morgan fingerprint density at radius 2 is 1.83 bits per heavy atom. The first-order chi connectivity index (χ1) is 14.5. The van der Waals surface area contributed by atoms with E-state index >= 15 is 0 Å². The molecule has 30 heavy (non-hydrogen) atoms. The molecule has 1 amide bonds. The van der Waals surface area contributed by atoms with Crippen LogP contribution >= 0.6 is 0 Å². The Bertz CT molecular complexity index is 1200. The van der Waals surface area contributed by atoms with E-state index in [1.807, 2.05) is 23.9 Å². The number of halogens is 1. The van der Waals surface area contributed by atoms with Crippen molar-refractivity contribution >= 4 is 22.6 Å². The Hall–Kier alpha value is -3.81. The fraction of sp³-hybridized carbons (Fsp3) is 0.182. The number of aromatic nitrogens is 4. The molecule has 0 saturated carbocycles. The molecule has 0 aliphatic carbocycles. The molecule has 0 atom stereocenters. The van der Waals surface area contributed by atoms with Crippen molar-refractivity contribution in [1.82, 2.24) is 19.6 Å². The molecule has 7 nitrogen and oxygen atoms in total. The molecule has 8 heteroatoms. The van der Waals surface area contributed by atoms with Crippen LogP contribution in [0, 0.1) is 5.82 Å². The van der Waals surface area contributed by atoms with E-state index in [1.54, 1.807) is 18.2 Å². The van der Waals surface area contributed by atoms with Crippen LogP contribution in [0.15, 0.2) is 54.9 Å². The first kappa shape index (κ1) is 19.5. The maximum Gasteiger partial charge on any atom is 0.275 e. The van der Waals surface area contributed by atoms with Gasteiger partial charge in [-0.15, -0.1) is 0 Å². The van der Waals surface area contributed by atoms with E-state index in [1.165, 1.54) is 24.5 Å². The minimum Gasteiger partial charge on any atom is -0.327 e. The number of anilines is 1. The minimum atomic E-state index is -0.368. The van der Waals surface area contributed by atoms with Crippen molar-refractivity contribution < 1.29 is 9.18 Å². The number of carbonyl (C=O) groups is 1. The number of amides is 1. The number of nitrogens with zero attached hydrogens (tertiary/aromatic N) is 4. The van der Waals surface area contributed by atoms with Crippen LogP contribution in [-0.2, 0) is 0 Å². The molecule has 152 valence electrons. The average Bonchev–Trinajstić information content (AvgIpc) is 3.12. The highest BCUT2D eigenvalue weighted by molar-refractivity contribution is 6.03. The SMILES string of the molecule is CNn1c(C(C)C)nc2ccc(NC(=O)c3cnc(-c4ccc(F)cc4)cn3)cc21. The highest BCUT2D eigenvalue weighted by Crippen LogP contribution is 2.24. The summed E-state index contributed by atoms with van der Waals surface area (Å²) in [7, 11) is 1.83. The number of fused-ring (bicyclic) bond motifs is 1. The lowest BCUT2D eigenvalue weighted by molar-refractivity contribution is 0.102. The quantitative estimate of drug-likeness (QED) is 0.521. The van der Waals surface area contributed by atoms with Crippen LogP contribution < -0.4 is 10.7 Å². The molecule has 2 aromatic heterocycles. The predicted molar refractivity (Wildman–Crippen MR) is 114 cm³/mol. The first-order valence-corrected chi connectivity index (χ1v) is 9.55. The lowest BCUT2D eigenvalue weighted by Gasteiger charge is -2.10. The van der Waals surface area contributed by atoms with Crippen molar-refractivity contribution in [2.75, 3.05) is 17.8 Å². The van der Waals surface area contributed by atoms with Gasteiger partial charge in [0.05, 0.1) is 29.1 Å². The van der Waals surface area contributed by atoms with E-state index in [2.05, 4.69) is 39.5 Å². The summed E-state index contributed by atoms with van der Waals surface area (Å²) in [6.07, 6.45) is 2.90. The zero-order chi connectivity index (χ0) is 21.3. The lowest BCUT2D eigenvalue weighted by Crippen LogP contribution is -2.15. The second kappa shape index (κ2) is 7.90. The van der Waals surface area contributed by atoms with Crippen LogP contribution in [0.25, 0.3) is 22.3 Å². The molecule has 0 aliphatic rings. The van der Waals surface area contributed by atoms with Gasteiger partial charge in [-0.1, -0.05) is 13.8 Å². The van der Waals surface area contributed by atoms with Gasteiger partial charge in [0.15, 0.2) is 0 Å². The Kier molecular flexibility index (Phi) is 5.14. The topological polar surface area (TPSA) is 84.7 Å². The van der Waals surface area contributed by atoms with Gasteiger partial charge in [0.1, 0.15) is 17.3 Å². The summed E-state index contributed by atoms with van der Waals surface area (Å²) in [5.41, 5.74) is 6.95. The third-order valence-corrected chi connectivity index (χ3v) is 4.70. The van der Waals surface area contributed by atoms with Gasteiger partial charge in [-0.2, -0.15) is 0 Å². The molecule has 4 aromatic rings. The molecular formula is C22H21FN6O. The van der Waals surface area contributed by atoms with Crippen molar-refractivity contribution in [1.29, 1.82) is 0 Å². The number of nitrogens with one attached hydrogen (secondary N) is 2.